The molecule has 0 aromatic heterocycles. The highest BCUT2D eigenvalue weighted by molar-refractivity contribution is 5.88. The van der Waals surface area contributed by atoms with Crippen LogP contribution in [0.2, 0.25) is 0 Å². The van der Waals surface area contributed by atoms with Crippen LogP contribution in [0, 0.1) is 0 Å². The molecule has 0 bridgehead atoms. The molecular formula is C14H17NO2. The number of benzene rings is 1. The topological polar surface area (TPSA) is 29.5 Å². The molecule has 0 saturated heterocycles. The van der Waals surface area contributed by atoms with Gasteiger partial charge in [-0.25, -0.2) is 4.79 Å². The normalized spacial score (nSPS) is 20.8. The van der Waals surface area contributed by atoms with E-state index in [1.54, 1.807) is 0 Å². The molecule has 0 saturated carbocycles. The van der Waals surface area contributed by atoms with E-state index in [0.29, 0.717) is 0 Å². The van der Waals surface area contributed by atoms with E-state index < -0.39 is 0 Å². The summed E-state index contributed by atoms with van der Waals surface area (Å²) in [7, 11) is 3.50. The van der Waals surface area contributed by atoms with Crippen LogP contribution in [0.5, 0.6) is 0 Å². The first kappa shape index (κ1) is 11.9. The van der Waals surface area contributed by atoms with Gasteiger partial charge in [0.15, 0.2) is 0 Å². The minimum absolute atomic E-state index is 0.166. The number of methoxy groups -OCH3 is 1. The van der Waals surface area contributed by atoms with E-state index in [4.69, 9.17) is 4.74 Å². The second-order valence-electron chi connectivity index (χ2n) is 4.27. The molecule has 0 N–H and O–H groups in total. The molecule has 0 spiro atoms. The van der Waals surface area contributed by atoms with Crippen molar-refractivity contribution in [1.29, 1.82) is 0 Å². The van der Waals surface area contributed by atoms with Gasteiger partial charge < -0.3 is 4.74 Å². The van der Waals surface area contributed by atoms with Crippen molar-refractivity contribution in [2.45, 2.75) is 12.5 Å². The van der Waals surface area contributed by atoms with Gasteiger partial charge in [-0.05, 0) is 19.0 Å². The maximum atomic E-state index is 11.5. The van der Waals surface area contributed by atoms with Gasteiger partial charge in [0.05, 0.1) is 13.2 Å². The Morgan fingerprint density at radius 1 is 1.35 bits per heavy atom. The zero-order valence-electron chi connectivity index (χ0n) is 10.2. The Kier molecular flexibility index (Phi) is 3.59. The van der Waals surface area contributed by atoms with Crippen LogP contribution in [0.4, 0.5) is 0 Å². The van der Waals surface area contributed by atoms with E-state index >= 15 is 0 Å². The summed E-state index contributed by atoms with van der Waals surface area (Å²) in [4.78, 5) is 13.8. The lowest BCUT2D eigenvalue weighted by Crippen LogP contribution is -2.30. The van der Waals surface area contributed by atoms with E-state index in [1.165, 1.54) is 12.7 Å². The van der Waals surface area contributed by atoms with Gasteiger partial charge in [0.25, 0.3) is 0 Å². The summed E-state index contributed by atoms with van der Waals surface area (Å²) in [6.07, 6.45) is 2.76. The number of carbonyl (C=O) groups is 1. The summed E-state index contributed by atoms with van der Waals surface area (Å²) in [5.41, 5.74) is 1.98. The summed E-state index contributed by atoms with van der Waals surface area (Å²) in [6, 6.07) is 10.4. The number of rotatable bonds is 2. The lowest BCUT2D eigenvalue weighted by atomic mass is 9.97. The lowest BCUT2D eigenvalue weighted by Gasteiger charge is -2.30. The number of nitrogens with zero attached hydrogens (tertiary/aromatic N) is 1. The molecule has 2 rings (SSSR count). The molecule has 1 unspecified atom stereocenters. The molecule has 3 nitrogen and oxygen atoms in total. The van der Waals surface area contributed by atoms with E-state index in [9.17, 15) is 4.79 Å². The van der Waals surface area contributed by atoms with Crippen LogP contribution in [0.3, 0.4) is 0 Å². The summed E-state index contributed by atoms with van der Waals surface area (Å²) in [6.45, 7) is 0.875. The second-order valence-corrected chi connectivity index (χ2v) is 4.27. The van der Waals surface area contributed by atoms with Crippen molar-refractivity contribution in [2.24, 2.45) is 0 Å². The molecule has 1 heterocycles. The van der Waals surface area contributed by atoms with Crippen molar-refractivity contribution < 1.29 is 9.53 Å². The summed E-state index contributed by atoms with van der Waals surface area (Å²) in [5, 5.41) is 0. The number of esters is 1. The van der Waals surface area contributed by atoms with Crippen LogP contribution >= 0.6 is 0 Å². The van der Waals surface area contributed by atoms with Gasteiger partial charge in [-0.3, -0.25) is 4.90 Å². The molecule has 3 heteroatoms. The maximum Gasteiger partial charge on any atom is 0.333 e. The fourth-order valence-electron chi connectivity index (χ4n) is 2.14. The van der Waals surface area contributed by atoms with Crippen molar-refractivity contribution in [1.82, 2.24) is 4.90 Å². The maximum absolute atomic E-state index is 11.5. The molecule has 90 valence electrons. The molecule has 1 aromatic carbocycles. The molecule has 0 fully saturated rings. The number of hydrogen-bond acceptors (Lipinski definition) is 3. The third-order valence-electron chi connectivity index (χ3n) is 3.16. The Hall–Kier alpha value is -1.61. The summed E-state index contributed by atoms with van der Waals surface area (Å²) < 4.78 is 4.78. The van der Waals surface area contributed by atoms with Crippen LogP contribution in [0.1, 0.15) is 18.0 Å². The van der Waals surface area contributed by atoms with E-state index in [0.717, 1.165) is 18.5 Å². The summed E-state index contributed by atoms with van der Waals surface area (Å²) in [5.74, 6) is -0.209. The van der Waals surface area contributed by atoms with Crippen molar-refractivity contribution in [2.75, 3.05) is 20.7 Å². The van der Waals surface area contributed by atoms with Crippen LogP contribution < -0.4 is 0 Å². The van der Waals surface area contributed by atoms with Crippen molar-refractivity contribution >= 4 is 5.97 Å². The average molecular weight is 231 g/mol. The van der Waals surface area contributed by atoms with Gasteiger partial charge in [0.2, 0.25) is 0 Å². The Labute approximate surface area is 102 Å². The second kappa shape index (κ2) is 5.15. The first-order chi connectivity index (χ1) is 8.22. The molecule has 0 radical (unpaired) electrons. The fourth-order valence-corrected chi connectivity index (χ4v) is 2.14. The Balaban J connectivity index is 2.28. The highest BCUT2D eigenvalue weighted by Gasteiger charge is 2.23. The number of ether oxygens (including phenoxy) is 1. The van der Waals surface area contributed by atoms with Gasteiger partial charge in [-0.1, -0.05) is 36.4 Å². The van der Waals surface area contributed by atoms with Crippen molar-refractivity contribution in [3.8, 4) is 0 Å². The minimum Gasteiger partial charge on any atom is -0.466 e. The van der Waals surface area contributed by atoms with Crippen LogP contribution in [0.15, 0.2) is 42.0 Å². The smallest absolute Gasteiger partial charge is 0.333 e. The minimum atomic E-state index is -0.209. The predicted molar refractivity (Wildman–Crippen MR) is 66.5 cm³/mol. The molecule has 17 heavy (non-hydrogen) atoms. The molecule has 1 aliphatic rings. The first-order valence-electron chi connectivity index (χ1n) is 5.76. The SMILES string of the molecule is COC(=O)C1=CC(c2ccccc2)N(C)CC1. The molecular weight excluding hydrogens is 214 g/mol. The quantitative estimate of drug-likeness (QED) is 0.730. The van der Waals surface area contributed by atoms with Gasteiger partial charge in [-0.2, -0.15) is 0 Å². The zero-order chi connectivity index (χ0) is 12.3. The molecule has 1 aromatic rings. The molecule has 1 aliphatic heterocycles. The van der Waals surface area contributed by atoms with Crippen molar-refractivity contribution in [3.05, 3.63) is 47.5 Å². The van der Waals surface area contributed by atoms with E-state index in [2.05, 4.69) is 24.1 Å². The van der Waals surface area contributed by atoms with Crippen molar-refractivity contribution in [3.63, 3.8) is 0 Å². The van der Waals surface area contributed by atoms with Crippen LogP contribution in [-0.4, -0.2) is 31.6 Å². The van der Waals surface area contributed by atoms with Gasteiger partial charge in [0.1, 0.15) is 0 Å². The number of hydrogen-bond donors (Lipinski definition) is 0. The third-order valence-corrected chi connectivity index (χ3v) is 3.16. The average Bonchev–Trinajstić information content (AvgIpc) is 2.39. The number of likely N-dealkylation sites (N-methyl/N-ethyl adjacent to an activating group) is 1. The Bertz CT molecular complexity index is 425. The van der Waals surface area contributed by atoms with Gasteiger partial charge in [-0.15, -0.1) is 0 Å². The lowest BCUT2D eigenvalue weighted by molar-refractivity contribution is -0.136. The highest BCUT2D eigenvalue weighted by Crippen LogP contribution is 2.27. The standard InChI is InChI=1S/C14H17NO2/c1-15-9-8-12(14(16)17-2)10-13(15)11-6-4-3-5-7-11/h3-7,10,13H,8-9H2,1-2H3. The molecule has 0 aliphatic carbocycles. The van der Waals surface area contributed by atoms with Crippen LogP contribution in [-0.2, 0) is 9.53 Å². The van der Waals surface area contributed by atoms with Gasteiger partial charge >= 0.3 is 5.97 Å². The highest BCUT2D eigenvalue weighted by atomic mass is 16.5. The van der Waals surface area contributed by atoms with Gasteiger partial charge in [0, 0.05) is 12.1 Å². The van der Waals surface area contributed by atoms with E-state index in [-0.39, 0.29) is 12.0 Å². The fraction of sp³-hybridized carbons (Fsp3) is 0.357. The first-order valence-corrected chi connectivity index (χ1v) is 5.76. The predicted octanol–water partition coefficient (Wildman–Crippen LogP) is 2.16. The molecule has 1 atom stereocenters. The summed E-state index contributed by atoms with van der Waals surface area (Å²) >= 11 is 0. The van der Waals surface area contributed by atoms with Crippen LogP contribution in [0.25, 0.3) is 0 Å². The van der Waals surface area contributed by atoms with E-state index in [1.807, 2.05) is 24.3 Å². The third kappa shape index (κ3) is 2.56. The molecule has 0 amide bonds. The Morgan fingerprint density at radius 2 is 2.06 bits per heavy atom. The Morgan fingerprint density at radius 3 is 2.71 bits per heavy atom. The largest absolute Gasteiger partial charge is 0.466 e. The monoisotopic (exact) mass is 231 g/mol. The zero-order valence-corrected chi connectivity index (χ0v) is 10.2. The number of carbonyl (C=O) groups excluding carboxylic acids is 1.